The SMILES string of the molecule is Cc1nccn1CCNC(C)c1ccc(Br)cc1. The highest BCUT2D eigenvalue weighted by atomic mass is 79.9. The Labute approximate surface area is 116 Å². The molecule has 1 N–H and O–H groups in total. The van der Waals surface area contributed by atoms with E-state index in [4.69, 9.17) is 0 Å². The standard InChI is InChI=1S/C14H18BrN3/c1-11(13-3-5-14(15)6-4-13)16-7-9-18-10-8-17-12(18)2/h3-6,8,10-11,16H,7,9H2,1-2H3. The van der Waals surface area contributed by atoms with E-state index < -0.39 is 0 Å². The molecule has 0 fully saturated rings. The van der Waals surface area contributed by atoms with Gasteiger partial charge in [-0.15, -0.1) is 0 Å². The first-order valence-corrected chi connectivity index (χ1v) is 6.92. The Bertz CT molecular complexity index is 490. The van der Waals surface area contributed by atoms with Gasteiger partial charge in [0.1, 0.15) is 5.82 Å². The molecule has 3 nitrogen and oxygen atoms in total. The third-order valence-corrected chi connectivity index (χ3v) is 3.63. The molecule has 1 unspecified atom stereocenters. The Hall–Kier alpha value is -1.13. The fourth-order valence-corrected chi connectivity index (χ4v) is 2.18. The van der Waals surface area contributed by atoms with E-state index in [0.29, 0.717) is 6.04 Å². The average Bonchev–Trinajstić information content (AvgIpc) is 2.76. The van der Waals surface area contributed by atoms with Crippen molar-refractivity contribution < 1.29 is 0 Å². The number of hydrogen-bond donors (Lipinski definition) is 1. The first kappa shape index (κ1) is 13.3. The smallest absolute Gasteiger partial charge is 0.105 e. The second-order valence-corrected chi connectivity index (χ2v) is 5.31. The minimum Gasteiger partial charge on any atom is -0.334 e. The van der Waals surface area contributed by atoms with Crippen LogP contribution in [0.3, 0.4) is 0 Å². The summed E-state index contributed by atoms with van der Waals surface area (Å²) in [6.45, 7) is 6.10. The quantitative estimate of drug-likeness (QED) is 0.918. The molecule has 0 radical (unpaired) electrons. The Morgan fingerprint density at radius 1 is 1.33 bits per heavy atom. The summed E-state index contributed by atoms with van der Waals surface area (Å²) < 4.78 is 3.27. The molecule has 2 rings (SSSR count). The summed E-state index contributed by atoms with van der Waals surface area (Å²) in [4.78, 5) is 4.21. The fraction of sp³-hybridized carbons (Fsp3) is 0.357. The highest BCUT2D eigenvalue weighted by Crippen LogP contribution is 2.16. The van der Waals surface area contributed by atoms with Crippen LogP contribution in [0.25, 0.3) is 0 Å². The lowest BCUT2D eigenvalue weighted by Gasteiger charge is -2.15. The molecule has 0 spiro atoms. The molecule has 1 atom stereocenters. The van der Waals surface area contributed by atoms with Gasteiger partial charge in [0.25, 0.3) is 0 Å². The number of rotatable bonds is 5. The summed E-state index contributed by atoms with van der Waals surface area (Å²) in [5.41, 5.74) is 1.31. The van der Waals surface area contributed by atoms with Gasteiger partial charge in [0.2, 0.25) is 0 Å². The van der Waals surface area contributed by atoms with E-state index in [0.717, 1.165) is 23.4 Å². The Morgan fingerprint density at radius 2 is 2.06 bits per heavy atom. The molecule has 1 aromatic carbocycles. The first-order valence-electron chi connectivity index (χ1n) is 6.13. The van der Waals surface area contributed by atoms with Crippen LogP contribution in [-0.2, 0) is 6.54 Å². The van der Waals surface area contributed by atoms with Gasteiger partial charge >= 0.3 is 0 Å². The van der Waals surface area contributed by atoms with Gasteiger partial charge in [-0.1, -0.05) is 28.1 Å². The Kier molecular flexibility index (Phi) is 4.55. The number of benzene rings is 1. The van der Waals surface area contributed by atoms with Gasteiger partial charge in [-0.2, -0.15) is 0 Å². The van der Waals surface area contributed by atoms with Crippen molar-refractivity contribution in [3.63, 3.8) is 0 Å². The van der Waals surface area contributed by atoms with E-state index in [9.17, 15) is 0 Å². The Morgan fingerprint density at radius 3 is 2.67 bits per heavy atom. The van der Waals surface area contributed by atoms with E-state index in [1.807, 2.05) is 19.3 Å². The van der Waals surface area contributed by atoms with Crippen LogP contribution in [0, 0.1) is 6.92 Å². The molecule has 4 heteroatoms. The molecular formula is C14H18BrN3. The van der Waals surface area contributed by atoms with Crippen molar-refractivity contribution in [2.75, 3.05) is 6.54 Å². The van der Waals surface area contributed by atoms with Crippen molar-refractivity contribution in [1.29, 1.82) is 0 Å². The number of imidazole rings is 1. The van der Waals surface area contributed by atoms with Crippen LogP contribution < -0.4 is 5.32 Å². The van der Waals surface area contributed by atoms with Crippen LogP contribution >= 0.6 is 15.9 Å². The second-order valence-electron chi connectivity index (χ2n) is 4.40. The van der Waals surface area contributed by atoms with Crippen molar-refractivity contribution >= 4 is 15.9 Å². The molecule has 18 heavy (non-hydrogen) atoms. The van der Waals surface area contributed by atoms with Crippen LogP contribution in [0.2, 0.25) is 0 Å². The van der Waals surface area contributed by atoms with Gasteiger partial charge in [-0.05, 0) is 31.5 Å². The molecule has 0 saturated carbocycles. The summed E-state index contributed by atoms with van der Waals surface area (Å²) in [7, 11) is 0. The normalized spacial score (nSPS) is 12.6. The lowest BCUT2D eigenvalue weighted by atomic mass is 10.1. The van der Waals surface area contributed by atoms with Crippen molar-refractivity contribution in [2.24, 2.45) is 0 Å². The average molecular weight is 308 g/mol. The minimum absolute atomic E-state index is 0.363. The number of halogens is 1. The molecular weight excluding hydrogens is 290 g/mol. The van der Waals surface area contributed by atoms with E-state index in [1.165, 1.54) is 5.56 Å². The van der Waals surface area contributed by atoms with Crippen LogP contribution in [0.5, 0.6) is 0 Å². The van der Waals surface area contributed by atoms with Crippen molar-refractivity contribution in [3.8, 4) is 0 Å². The van der Waals surface area contributed by atoms with Gasteiger partial charge in [0.05, 0.1) is 0 Å². The summed E-state index contributed by atoms with van der Waals surface area (Å²) >= 11 is 3.45. The first-order chi connectivity index (χ1) is 8.66. The minimum atomic E-state index is 0.363. The molecule has 0 aliphatic carbocycles. The van der Waals surface area contributed by atoms with Crippen molar-refractivity contribution in [1.82, 2.24) is 14.9 Å². The second kappa shape index (κ2) is 6.16. The van der Waals surface area contributed by atoms with Crippen molar-refractivity contribution in [3.05, 3.63) is 52.5 Å². The topological polar surface area (TPSA) is 29.9 Å². The number of hydrogen-bond acceptors (Lipinski definition) is 2. The predicted molar refractivity (Wildman–Crippen MR) is 77.5 cm³/mol. The van der Waals surface area contributed by atoms with Crippen molar-refractivity contribution in [2.45, 2.75) is 26.4 Å². The van der Waals surface area contributed by atoms with Crippen LogP contribution in [0.15, 0.2) is 41.1 Å². The molecule has 2 aromatic rings. The molecule has 1 heterocycles. The summed E-state index contributed by atoms with van der Waals surface area (Å²) in [5.74, 6) is 1.06. The molecule has 0 aliphatic rings. The fourth-order valence-electron chi connectivity index (χ4n) is 1.91. The van der Waals surface area contributed by atoms with Gasteiger partial charge in [0.15, 0.2) is 0 Å². The maximum Gasteiger partial charge on any atom is 0.105 e. The maximum atomic E-state index is 4.21. The van der Waals surface area contributed by atoms with Crippen LogP contribution in [0.4, 0.5) is 0 Å². The predicted octanol–water partition coefficient (Wildman–Crippen LogP) is 3.30. The largest absolute Gasteiger partial charge is 0.334 e. The van der Waals surface area contributed by atoms with Gasteiger partial charge in [0, 0.05) is 36.0 Å². The molecule has 96 valence electrons. The molecule has 1 aromatic heterocycles. The highest BCUT2D eigenvalue weighted by Gasteiger charge is 2.04. The zero-order chi connectivity index (χ0) is 13.0. The van der Waals surface area contributed by atoms with Gasteiger partial charge in [-0.25, -0.2) is 4.98 Å². The van der Waals surface area contributed by atoms with E-state index in [-0.39, 0.29) is 0 Å². The van der Waals surface area contributed by atoms with Gasteiger partial charge in [-0.3, -0.25) is 0 Å². The number of aryl methyl sites for hydroxylation is 1. The lowest BCUT2D eigenvalue weighted by molar-refractivity contribution is 0.526. The van der Waals surface area contributed by atoms with E-state index >= 15 is 0 Å². The lowest BCUT2D eigenvalue weighted by Crippen LogP contribution is -2.23. The van der Waals surface area contributed by atoms with Crippen LogP contribution in [0.1, 0.15) is 24.4 Å². The molecule has 0 aliphatic heterocycles. The third-order valence-electron chi connectivity index (χ3n) is 3.10. The molecule has 0 saturated heterocycles. The number of nitrogens with one attached hydrogen (secondary N) is 1. The summed E-state index contributed by atoms with van der Waals surface area (Å²) in [5, 5.41) is 3.52. The summed E-state index contributed by atoms with van der Waals surface area (Å²) in [6, 6.07) is 8.80. The monoisotopic (exact) mass is 307 g/mol. The van der Waals surface area contributed by atoms with Gasteiger partial charge < -0.3 is 9.88 Å². The van der Waals surface area contributed by atoms with E-state index in [1.54, 1.807) is 0 Å². The zero-order valence-corrected chi connectivity index (χ0v) is 12.3. The Balaban J connectivity index is 1.83. The number of aromatic nitrogens is 2. The van der Waals surface area contributed by atoms with Crippen LogP contribution in [-0.4, -0.2) is 16.1 Å². The maximum absolute atomic E-state index is 4.21. The molecule has 0 bridgehead atoms. The highest BCUT2D eigenvalue weighted by molar-refractivity contribution is 9.10. The number of nitrogens with zero attached hydrogens (tertiary/aromatic N) is 2. The van der Waals surface area contributed by atoms with E-state index in [2.05, 4.69) is 62.0 Å². The molecule has 0 amide bonds. The zero-order valence-electron chi connectivity index (χ0n) is 10.7. The third kappa shape index (κ3) is 3.43. The summed E-state index contributed by atoms with van der Waals surface area (Å²) in [6.07, 6.45) is 3.86.